The van der Waals surface area contributed by atoms with Crippen LogP contribution < -0.4 is 5.32 Å². The van der Waals surface area contributed by atoms with Crippen molar-refractivity contribution in [2.24, 2.45) is 0 Å². The number of amides is 1. The highest BCUT2D eigenvalue weighted by molar-refractivity contribution is 9.10. The minimum atomic E-state index is -0.00823. The van der Waals surface area contributed by atoms with E-state index >= 15 is 0 Å². The first-order chi connectivity index (χ1) is 9.67. The highest BCUT2D eigenvalue weighted by Gasteiger charge is 2.22. The van der Waals surface area contributed by atoms with Crippen LogP contribution in [0.15, 0.2) is 29.1 Å². The predicted molar refractivity (Wildman–Crippen MR) is 79.6 cm³/mol. The normalized spacial score (nSPS) is 17.8. The molecule has 1 N–H and O–H groups in total. The first-order valence-corrected chi connectivity index (χ1v) is 7.63. The molecular weight excluding hydrogens is 320 g/mol. The van der Waals surface area contributed by atoms with Crippen LogP contribution in [-0.4, -0.2) is 26.1 Å². The van der Waals surface area contributed by atoms with E-state index in [0.29, 0.717) is 5.69 Å². The number of halogens is 1. The summed E-state index contributed by atoms with van der Waals surface area (Å²) < 4.78 is 5.00. The van der Waals surface area contributed by atoms with Gasteiger partial charge in [-0.2, -0.15) is 0 Å². The summed E-state index contributed by atoms with van der Waals surface area (Å²) in [5.41, 5.74) is 0.704. The molecule has 0 radical (unpaired) electrons. The first kappa shape index (κ1) is 13.4. The Morgan fingerprint density at radius 2 is 2.45 bits per heavy atom. The lowest BCUT2D eigenvalue weighted by molar-refractivity contribution is 0.0918. The van der Waals surface area contributed by atoms with E-state index in [2.05, 4.69) is 30.8 Å². The van der Waals surface area contributed by atoms with Gasteiger partial charge in [0.25, 0.3) is 5.91 Å². The van der Waals surface area contributed by atoms with Crippen molar-refractivity contribution in [3.8, 4) is 0 Å². The van der Waals surface area contributed by atoms with Crippen molar-refractivity contribution in [3.63, 3.8) is 0 Å². The number of hydrogen-bond donors (Lipinski definition) is 1. The molecule has 1 unspecified atom stereocenters. The minimum Gasteiger partial charge on any atom is -0.346 e. The van der Waals surface area contributed by atoms with Crippen LogP contribution in [0.3, 0.4) is 0 Å². The summed E-state index contributed by atoms with van der Waals surface area (Å²) in [7, 11) is 0. The van der Waals surface area contributed by atoms with Gasteiger partial charge in [-0.15, -0.1) is 0 Å². The van der Waals surface area contributed by atoms with Crippen LogP contribution in [0, 0.1) is 0 Å². The summed E-state index contributed by atoms with van der Waals surface area (Å²) >= 11 is 3.42. The average Bonchev–Trinajstić information content (AvgIpc) is 3.03. The van der Waals surface area contributed by atoms with E-state index < -0.39 is 0 Å². The summed E-state index contributed by atoms with van der Waals surface area (Å²) in [5, 5.41) is 3.12. The third-order valence-electron chi connectivity index (χ3n) is 3.71. The van der Waals surface area contributed by atoms with Gasteiger partial charge in [0.15, 0.2) is 0 Å². The fraction of sp³-hybridized carbons (Fsp3) is 0.429. The largest absolute Gasteiger partial charge is 0.346 e. The van der Waals surface area contributed by atoms with Crippen LogP contribution in [0.2, 0.25) is 0 Å². The Morgan fingerprint density at radius 1 is 1.60 bits per heavy atom. The van der Waals surface area contributed by atoms with E-state index in [1.807, 2.05) is 36.1 Å². The number of nitrogens with one attached hydrogen (secondary N) is 1. The molecule has 1 amide bonds. The summed E-state index contributed by atoms with van der Waals surface area (Å²) in [6.45, 7) is 3.61. The molecule has 1 aliphatic rings. The van der Waals surface area contributed by atoms with Crippen molar-refractivity contribution in [1.82, 2.24) is 19.4 Å². The Hall–Kier alpha value is -1.56. The van der Waals surface area contributed by atoms with Crippen LogP contribution >= 0.6 is 15.9 Å². The van der Waals surface area contributed by atoms with Crippen molar-refractivity contribution in [1.29, 1.82) is 0 Å². The van der Waals surface area contributed by atoms with Crippen LogP contribution in [-0.2, 0) is 19.5 Å². The zero-order valence-corrected chi connectivity index (χ0v) is 12.9. The van der Waals surface area contributed by atoms with Gasteiger partial charge in [-0.05, 0) is 35.3 Å². The number of fused-ring (bicyclic) bond motifs is 1. The Kier molecular flexibility index (Phi) is 3.65. The smallest absolute Gasteiger partial charge is 0.268 e. The molecule has 106 valence electrons. The first-order valence-electron chi connectivity index (χ1n) is 6.84. The Balaban J connectivity index is 1.71. The van der Waals surface area contributed by atoms with Crippen molar-refractivity contribution in [2.75, 3.05) is 0 Å². The van der Waals surface area contributed by atoms with E-state index in [9.17, 15) is 4.79 Å². The molecule has 3 heterocycles. The third kappa shape index (κ3) is 2.52. The second-order valence-corrected chi connectivity index (χ2v) is 5.95. The molecule has 0 bridgehead atoms. The van der Waals surface area contributed by atoms with Gasteiger partial charge in [-0.1, -0.05) is 0 Å². The molecule has 20 heavy (non-hydrogen) atoms. The second kappa shape index (κ2) is 5.44. The number of carbonyl (C=O) groups excluding carboxylic acids is 1. The van der Waals surface area contributed by atoms with E-state index in [4.69, 9.17) is 0 Å². The predicted octanol–water partition coefficient (Wildman–Crippen LogP) is 2.21. The van der Waals surface area contributed by atoms with Gasteiger partial charge >= 0.3 is 0 Å². The van der Waals surface area contributed by atoms with Gasteiger partial charge in [0.05, 0.1) is 0 Å². The maximum absolute atomic E-state index is 12.4. The highest BCUT2D eigenvalue weighted by Crippen LogP contribution is 2.17. The zero-order chi connectivity index (χ0) is 14.1. The molecule has 2 aromatic heterocycles. The van der Waals surface area contributed by atoms with Crippen LogP contribution in [0.4, 0.5) is 0 Å². The molecule has 2 aromatic rings. The topological polar surface area (TPSA) is 51.9 Å². The molecule has 0 saturated heterocycles. The number of imidazole rings is 1. The van der Waals surface area contributed by atoms with Gasteiger partial charge in [-0.25, -0.2) is 4.98 Å². The molecule has 0 fully saturated rings. The Labute approximate surface area is 126 Å². The Bertz CT molecular complexity index is 631. The molecule has 6 heteroatoms. The van der Waals surface area contributed by atoms with Gasteiger partial charge < -0.3 is 14.5 Å². The lowest BCUT2D eigenvalue weighted by Crippen LogP contribution is -2.41. The lowest BCUT2D eigenvalue weighted by atomic mass is 10.1. The van der Waals surface area contributed by atoms with Gasteiger partial charge in [-0.3, -0.25) is 4.79 Å². The van der Waals surface area contributed by atoms with Crippen molar-refractivity contribution in [3.05, 3.63) is 40.6 Å². The van der Waals surface area contributed by atoms with Gasteiger partial charge in [0, 0.05) is 48.6 Å². The summed E-state index contributed by atoms with van der Waals surface area (Å²) in [5.74, 6) is 1.10. The maximum atomic E-state index is 12.4. The molecule has 1 aliphatic heterocycles. The van der Waals surface area contributed by atoms with Crippen LogP contribution in [0.25, 0.3) is 0 Å². The molecule has 5 nitrogen and oxygen atoms in total. The molecule has 1 atom stereocenters. The monoisotopic (exact) mass is 336 g/mol. The fourth-order valence-corrected chi connectivity index (χ4v) is 3.13. The van der Waals surface area contributed by atoms with Crippen molar-refractivity contribution in [2.45, 2.75) is 38.9 Å². The van der Waals surface area contributed by atoms with Crippen molar-refractivity contribution < 1.29 is 4.79 Å². The SMILES string of the molecule is CCn1cc(Br)cc1C(=O)NC1CCc2nccn2C1. The molecular formula is C14H17BrN4O. The fourth-order valence-electron chi connectivity index (χ4n) is 2.67. The van der Waals surface area contributed by atoms with E-state index in [1.54, 1.807) is 0 Å². The van der Waals surface area contributed by atoms with E-state index in [0.717, 1.165) is 36.2 Å². The van der Waals surface area contributed by atoms with E-state index in [1.165, 1.54) is 0 Å². The quantitative estimate of drug-likeness (QED) is 0.934. The average molecular weight is 337 g/mol. The summed E-state index contributed by atoms with van der Waals surface area (Å²) in [4.78, 5) is 16.7. The molecule has 0 aliphatic carbocycles. The number of rotatable bonds is 3. The van der Waals surface area contributed by atoms with E-state index in [-0.39, 0.29) is 11.9 Å². The molecule has 0 saturated carbocycles. The third-order valence-corrected chi connectivity index (χ3v) is 4.14. The highest BCUT2D eigenvalue weighted by atomic mass is 79.9. The summed E-state index contributed by atoms with van der Waals surface area (Å²) in [6, 6.07) is 2.03. The number of nitrogens with zero attached hydrogens (tertiary/aromatic N) is 3. The number of carbonyl (C=O) groups is 1. The number of aromatic nitrogens is 3. The molecule has 0 aromatic carbocycles. The lowest BCUT2D eigenvalue weighted by Gasteiger charge is -2.24. The van der Waals surface area contributed by atoms with Crippen LogP contribution in [0.1, 0.15) is 29.7 Å². The minimum absolute atomic E-state index is 0.00823. The Morgan fingerprint density at radius 3 is 3.25 bits per heavy atom. The maximum Gasteiger partial charge on any atom is 0.268 e. The number of aryl methyl sites for hydroxylation is 2. The van der Waals surface area contributed by atoms with Crippen molar-refractivity contribution >= 4 is 21.8 Å². The standard InChI is InChI=1S/C14H17BrN4O/c1-2-18-8-10(15)7-12(18)14(20)17-11-3-4-13-16-5-6-19(13)9-11/h5-8,11H,2-4,9H2,1H3,(H,17,20). The summed E-state index contributed by atoms with van der Waals surface area (Å²) in [6.07, 6.45) is 7.58. The molecule has 0 spiro atoms. The number of hydrogen-bond acceptors (Lipinski definition) is 2. The van der Waals surface area contributed by atoms with Gasteiger partial charge in [0.1, 0.15) is 11.5 Å². The van der Waals surface area contributed by atoms with Gasteiger partial charge in [0.2, 0.25) is 0 Å². The molecule has 3 rings (SSSR count). The second-order valence-electron chi connectivity index (χ2n) is 5.03. The zero-order valence-electron chi connectivity index (χ0n) is 11.3. The van der Waals surface area contributed by atoms with Crippen LogP contribution in [0.5, 0.6) is 0 Å².